The second kappa shape index (κ2) is 8.91. The Balaban J connectivity index is 1.64. The van der Waals surface area contributed by atoms with Gasteiger partial charge in [0.2, 0.25) is 5.91 Å². The van der Waals surface area contributed by atoms with Gasteiger partial charge in [-0.1, -0.05) is 32.0 Å². The standard InChI is InChI=1S/C23H29N3O2/c1-16(2)18-9-11-20(12-10-18)25-22-8-5-13-26(15-22)23(28)19-6-4-7-21(14-19)24-17(3)27/h4,6-7,9-12,14,16,22,25H,5,8,13,15H2,1-3H3,(H,24,27). The van der Waals surface area contributed by atoms with E-state index in [0.29, 0.717) is 23.7 Å². The molecule has 2 amide bonds. The Morgan fingerprint density at radius 2 is 1.82 bits per heavy atom. The van der Waals surface area contributed by atoms with Crippen molar-refractivity contribution < 1.29 is 9.59 Å². The van der Waals surface area contributed by atoms with Crippen LogP contribution in [0.1, 0.15) is 55.5 Å². The molecule has 1 aliphatic heterocycles. The van der Waals surface area contributed by atoms with Crippen LogP contribution < -0.4 is 10.6 Å². The SMILES string of the molecule is CC(=O)Nc1cccc(C(=O)N2CCCC(Nc3ccc(C(C)C)cc3)C2)c1. The topological polar surface area (TPSA) is 61.4 Å². The number of rotatable bonds is 5. The number of hydrogen-bond donors (Lipinski definition) is 2. The third kappa shape index (κ3) is 5.12. The molecule has 5 heteroatoms. The molecule has 148 valence electrons. The molecular weight excluding hydrogens is 350 g/mol. The maximum absolute atomic E-state index is 12.9. The van der Waals surface area contributed by atoms with Crippen LogP contribution in [0.2, 0.25) is 0 Å². The van der Waals surface area contributed by atoms with Gasteiger partial charge in [0.05, 0.1) is 0 Å². The number of anilines is 2. The largest absolute Gasteiger partial charge is 0.381 e. The summed E-state index contributed by atoms with van der Waals surface area (Å²) in [6.07, 6.45) is 2.01. The molecule has 0 bridgehead atoms. The Kier molecular flexibility index (Phi) is 6.34. The molecule has 2 N–H and O–H groups in total. The van der Waals surface area contributed by atoms with E-state index in [2.05, 4.69) is 48.7 Å². The predicted molar refractivity (Wildman–Crippen MR) is 114 cm³/mol. The smallest absolute Gasteiger partial charge is 0.253 e. The van der Waals surface area contributed by atoms with E-state index in [4.69, 9.17) is 0 Å². The van der Waals surface area contributed by atoms with Crippen LogP contribution in [0.25, 0.3) is 0 Å². The van der Waals surface area contributed by atoms with Gasteiger partial charge in [-0.2, -0.15) is 0 Å². The maximum atomic E-state index is 12.9. The van der Waals surface area contributed by atoms with Crippen molar-refractivity contribution in [3.05, 3.63) is 59.7 Å². The van der Waals surface area contributed by atoms with Gasteiger partial charge in [-0.25, -0.2) is 0 Å². The molecule has 1 atom stereocenters. The van der Waals surface area contributed by atoms with E-state index in [9.17, 15) is 9.59 Å². The summed E-state index contributed by atoms with van der Waals surface area (Å²) >= 11 is 0. The van der Waals surface area contributed by atoms with Gasteiger partial charge in [0.25, 0.3) is 5.91 Å². The zero-order valence-corrected chi connectivity index (χ0v) is 16.9. The van der Waals surface area contributed by atoms with Crippen molar-refractivity contribution in [3.8, 4) is 0 Å². The van der Waals surface area contributed by atoms with Crippen LogP contribution in [0, 0.1) is 0 Å². The second-order valence-corrected chi connectivity index (χ2v) is 7.77. The quantitative estimate of drug-likeness (QED) is 0.805. The first-order valence-corrected chi connectivity index (χ1v) is 9.96. The van der Waals surface area contributed by atoms with Crippen LogP contribution in [-0.4, -0.2) is 35.8 Å². The summed E-state index contributed by atoms with van der Waals surface area (Å²) in [5.41, 5.74) is 3.67. The lowest BCUT2D eigenvalue weighted by molar-refractivity contribution is -0.114. The predicted octanol–water partition coefficient (Wildman–Crippen LogP) is 4.49. The van der Waals surface area contributed by atoms with E-state index in [0.717, 1.165) is 25.1 Å². The number of likely N-dealkylation sites (tertiary alicyclic amines) is 1. The zero-order chi connectivity index (χ0) is 20.1. The average Bonchev–Trinajstić information content (AvgIpc) is 2.68. The van der Waals surface area contributed by atoms with Gasteiger partial charge in [-0.15, -0.1) is 0 Å². The number of nitrogens with one attached hydrogen (secondary N) is 2. The van der Waals surface area contributed by atoms with Crippen LogP contribution in [0.5, 0.6) is 0 Å². The molecule has 0 spiro atoms. The molecule has 1 fully saturated rings. The molecule has 28 heavy (non-hydrogen) atoms. The summed E-state index contributed by atoms with van der Waals surface area (Å²) in [5.74, 6) is 0.384. The number of piperidine rings is 1. The van der Waals surface area contributed by atoms with E-state index >= 15 is 0 Å². The lowest BCUT2D eigenvalue weighted by atomic mass is 10.0. The van der Waals surface area contributed by atoms with Crippen LogP contribution >= 0.6 is 0 Å². The highest BCUT2D eigenvalue weighted by atomic mass is 16.2. The molecule has 1 saturated heterocycles. The lowest BCUT2D eigenvalue weighted by Gasteiger charge is -2.34. The first kappa shape index (κ1) is 19.9. The third-order valence-corrected chi connectivity index (χ3v) is 5.09. The summed E-state index contributed by atoms with van der Waals surface area (Å²) < 4.78 is 0. The average molecular weight is 380 g/mol. The lowest BCUT2D eigenvalue weighted by Crippen LogP contribution is -2.45. The van der Waals surface area contributed by atoms with Gasteiger partial charge in [0.1, 0.15) is 0 Å². The molecule has 5 nitrogen and oxygen atoms in total. The first-order chi connectivity index (χ1) is 13.4. The Labute approximate surface area is 167 Å². The Morgan fingerprint density at radius 3 is 2.50 bits per heavy atom. The minimum Gasteiger partial charge on any atom is -0.381 e. The Bertz CT molecular complexity index is 830. The van der Waals surface area contributed by atoms with Gasteiger partial charge >= 0.3 is 0 Å². The molecule has 0 saturated carbocycles. The second-order valence-electron chi connectivity index (χ2n) is 7.77. The van der Waals surface area contributed by atoms with Crippen molar-refractivity contribution in [1.82, 2.24) is 4.90 Å². The normalized spacial score (nSPS) is 16.7. The molecule has 3 rings (SSSR count). The molecule has 1 unspecified atom stereocenters. The van der Waals surface area contributed by atoms with E-state index in [1.807, 2.05) is 4.90 Å². The van der Waals surface area contributed by atoms with Crippen molar-refractivity contribution in [3.63, 3.8) is 0 Å². The molecule has 1 heterocycles. The summed E-state index contributed by atoms with van der Waals surface area (Å²) in [4.78, 5) is 26.1. The summed E-state index contributed by atoms with van der Waals surface area (Å²) in [7, 11) is 0. The fourth-order valence-corrected chi connectivity index (χ4v) is 3.60. The van der Waals surface area contributed by atoms with Crippen LogP contribution in [0.15, 0.2) is 48.5 Å². The van der Waals surface area contributed by atoms with Gasteiger partial charge in [-0.3, -0.25) is 9.59 Å². The van der Waals surface area contributed by atoms with E-state index < -0.39 is 0 Å². The van der Waals surface area contributed by atoms with E-state index in [1.54, 1.807) is 24.3 Å². The molecule has 1 aliphatic rings. The highest BCUT2D eigenvalue weighted by Gasteiger charge is 2.24. The summed E-state index contributed by atoms with van der Waals surface area (Å²) in [6, 6.07) is 15.9. The summed E-state index contributed by atoms with van der Waals surface area (Å²) in [6.45, 7) is 7.27. The van der Waals surface area contributed by atoms with Crippen molar-refractivity contribution in [2.24, 2.45) is 0 Å². The number of carbonyl (C=O) groups is 2. The molecule has 0 aromatic heterocycles. The van der Waals surface area contributed by atoms with E-state index in [-0.39, 0.29) is 17.9 Å². The fourth-order valence-electron chi connectivity index (χ4n) is 3.60. The van der Waals surface area contributed by atoms with Gasteiger partial charge < -0.3 is 15.5 Å². The number of hydrogen-bond acceptors (Lipinski definition) is 3. The molecular formula is C23H29N3O2. The molecule has 0 aliphatic carbocycles. The van der Waals surface area contributed by atoms with Crippen molar-refractivity contribution in [2.75, 3.05) is 23.7 Å². The van der Waals surface area contributed by atoms with Crippen molar-refractivity contribution >= 4 is 23.2 Å². The first-order valence-electron chi connectivity index (χ1n) is 9.96. The zero-order valence-electron chi connectivity index (χ0n) is 16.9. The Hall–Kier alpha value is -2.82. The van der Waals surface area contributed by atoms with Crippen molar-refractivity contribution in [1.29, 1.82) is 0 Å². The molecule has 2 aromatic carbocycles. The van der Waals surface area contributed by atoms with Crippen molar-refractivity contribution in [2.45, 2.75) is 45.6 Å². The van der Waals surface area contributed by atoms with Crippen LogP contribution in [-0.2, 0) is 4.79 Å². The Morgan fingerprint density at radius 1 is 1.07 bits per heavy atom. The number of nitrogens with zero attached hydrogens (tertiary/aromatic N) is 1. The van der Waals surface area contributed by atoms with Gasteiger partial charge in [-0.05, 0) is 54.7 Å². The van der Waals surface area contributed by atoms with Gasteiger partial charge in [0.15, 0.2) is 0 Å². The minimum atomic E-state index is -0.143. The summed E-state index contributed by atoms with van der Waals surface area (Å²) in [5, 5.41) is 6.30. The third-order valence-electron chi connectivity index (χ3n) is 5.09. The monoisotopic (exact) mass is 379 g/mol. The number of amides is 2. The maximum Gasteiger partial charge on any atom is 0.253 e. The van der Waals surface area contributed by atoms with Gasteiger partial charge in [0, 0.05) is 43.0 Å². The molecule has 0 radical (unpaired) electrons. The highest BCUT2D eigenvalue weighted by Crippen LogP contribution is 2.21. The van der Waals surface area contributed by atoms with Crippen LogP contribution in [0.4, 0.5) is 11.4 Å². The van der Waals surface area contributed by atoms with Crippen LogP contribution in [0.3, 0.4) is 0 Å². The minimum absolute atomic E-state index is 0.00820. The highest BCUT2D eigenvalue weighted by molar-refractivity contribution is 5.96. The number of carbonyl (C=O) groups excluding carboxylic acids is 2. The number of benzene rings is 2. The van der Waals surface area contributed by atoms with E-state index in [1.165, 1.54) is 12.5 Å². The molecule has 2 aromatic rings. The fraction of sp³-hybridized carbons (Fsp3) is 0.391.